The topological polar surface area (TPSA) is 70.0 Å². The number of methoxy groups -OCH3 is 3. The van der Waals surface area contributed by atoms with Crippen LogP contribution in [0, 0.1) is 0 Å². The van der Waals surface area contributed by atoms with E-state index in [2.05, 4.69) is 0 Å². The van der Waals surface area contributed by atoms with E-state index in [1.54, 1.807) is 50.4 Å². The van der Waals surface area contributed by atoms with E-state index < -0.39 is 0 Å². The molecule has 0 saturated heterocycles. The van der Waals surface area contributed by atoms with Gasteiger partial charge in [-0.1, -0.05) is 29.0 Å². The summed E-state index contributed by atoms with van der Waals surface area (Å²) in [5.41, 5.74) is 1.42. The number of thiazole rings is 1. The van der Waals surface area contributed by atoms with Crippen LogP contribution in [0.3, 0.4) is 0 Å². The van der Waals surface area contributed by atoms with Crippen LogP contribution in [0.2, 0.25) is 5.02 Å². The van der Waals surface area contributed by atoms with E-state index in [0.717, 1.165) is 21.8 Å². The highest BCUT2D eigenvalue weighted by molar-refractivity contribution is 7.10. The molecule has 0 N–H and O–H groups in total. The normalized spacial score (nSPS) is 15.6. The van der Waals surface area contributed by atoms with E-state index in [4.69, 9.17) is 25.8 Å². The maximum absolute atomic E-state index is 13.3. The average Bonchev–Trinajstić information content (AvgIpc) is 3.06. The molecular weight excluding hydrogens is 440 g/mol. The van der Waals surface area contributed by atoms with Crippen molar-refractivity contribution in [2.75, 3.05) is 26.2 Å². The second-order valence-electron chi connectivity index (χ2n) is 7.04. The number of rotatable bonds is 5. The van der Waals surface area contributed by atoms with Crippen LogP contribution in [0.5, 0.6) is 17.2 Å². The van der Waals surface area contributed by atoms with Gasteiger partial charge in [-0.3, -0.25) is 19.1 Å². The number of hydrogen-bond acceptors (Lipinski definition) is 6. The number of benzene rings is 2. The number of hydrogen-bond donors (Lipinski definition) is 0. The molecule has 0 bridgehead atoms. The van der Waals surface area contributed by atoms with Gasteiger partial charge in [-0.25, -0.2) is 0 Å². The van der Waals surface area contributed by atoms with Crippen molar-refractivity contribution in [2.24, 2.45) is 7.05 Å². The van der Waals surface area contributed by atoms with E-state index in [1.165, 1.54) is 11.7 Å². The summed E-state index contributed by atoms with van der Waals surface area (Å²) < 4.78 is 17.9. The fourth-order valence-electron chi connectivity index (χ4n) is 3.88. The summed E-state index contributed by atoms with van der Waals surface area (Å²) in [5.74, 6) is 1.54. The molecule has 1 aliphatic rings. The molecule has 2 aromatic carbocycles. The number of aromatic nitrogens is 1. The van der Waals surface area contributed by atoms with Crippen molar-refractivity contribution in [1.82, 2.24) is 4.57 Å². The summed E-state index contributed by atoms with van der Waals surface area (Å²) in [4.78, 5) is 28.2. The third kappa shape index (κ3) is 3.55. The Bertz CT molecular complexity index is 1190. The summed E-state index contributed by atoms with van der Waals surface area (Å²) in [6.07, 6.45) is 0.179. The zero-order valence-corrected chi connectivity index (χ0v) is 19.0. The minimum atomic E-state index is -0.328. The number of carbonyl (C=O) groups excluding carboxylic acids is 1. The summed E-state index contributed by atoms with van der Waals surface area (Å²) in [5, 5.41) is 0.513. The molecule has 0 spiro atoms. The van der Waals surface area contributed by atoms with Crippen molar-refractivity contribution in [3.63, 3.8) is 0 Å². The fourth-order valence-corrected chi connectivity index (χ4v) is 5.15. The highest BCUT2D eigenvalue weighted by Gasteiger charge is 2.38. The van der Waals surface area contributed by atoms with Crippen molar-refractivity contribution < 1.29 is 19.0 Å². The fraction of sp³-hybridized carbons (Fsp3) is 0.273. The standard InChI is InChI=1S/C22H21ClN2O5S/c1-24-21-20(31-22(24)27)15(11-18(26)25(21)14-7-5-6-13(23)10-14)12-8-16(28-2)19(30-4)17(9-12)29-3/h5-10,15H,11H2,1-4H3/t15-/m0/s1. The Hall–Kier alpha value is -2.97. The third-order valence-electron chi connectivity index (χ3n) is 5.32. The Morgan fingerprint density at radius 3 is 2.29 bits per heavy atom. The van der Waals surface area contributed by atoms with Crippen LogP contribution in [-0.4, -0.2) is 31.8 Å². The minimum Gasteiger partial charge on any atom is -0.493 e. The van der Waals surface area contributed by atoms with Gasteiger partial charge in [0.15, 0.2) is 11.5 Å². The van der Waals surface area contributed by atoms with Crippen LogP contribution in [0.25, 0.3) is 0 Å². The van der Waals surface area contributed by atoms with Gasteiger partial charge in [0.05, 0.1) is 31.9 Å². The van der Waals surface area contributed by atoms with Crippen molar-refractivity contribution in [3.8, 4) is 17.2 Å². The highest BCUT2D eigenvalue weighted by atomic mass is 35.5. The molecule has 0 unspecified atom stereocenters. The molecule has 9 heteroatoms. The lowest BCUT2D eigenvalue weighted by atomic mass is 9.90. The van der Waals surface area contributed by atoms with E-state index in [-0.39, 0.29) is 23.1 Å². The maximum atomic E-state index is 13.3. The molecule has 1 aromatic heterocycles. The van der Waals surface area contributed by atoms with Gasteiger partial charge in [0.2, 0.25) is 11.7 Å². The van der Waals surface area contributed by atoms with Crippen molar-refractivity contribution >= 4 is 40.4 Å². The van der Waals surface area contributed by atoms with Gasteiger partial charge in [-0.2, -0.15) is 0 Å². The van der Waals surface area contributed by atoms with Crippen molar-refractivity contribution in [1.29, 1.82) is 0 Å². The summed E-state index contributed by atoms with van der Waals surface area (Å²) >= 11 is 7.29. The molecule has 2 heterocycles. The Kier molecular flexibility index (Phi) is 5.68. The second-order valence-corrected chi connectivity index (χ2v) is 8.47. The lowest BCUT2D eigenvalue weighted by molar-refractivity contribution is -0.118. The van der Waals surface area contributed by atoms with Gasteiger partial charge in [0.1, 0.15) is 5.82 Å². The maximum Gasteiger partial charge on any atom is 0.308 e. The highest BCUT2D eigenvalue weighted by Crippen LogP contribution is 2.48. The molecule has 1 amide bonds. The van der Waals surface area contributed by atoms with Gasteiger partial charge in [0, 0.05) is 24.4 Å². The predicted molar refractivity (Wildman–Crippen MR) is 121 cm³/mol. The largest absolute Gasteiger partial charge is 0.493 e. The lowest BCUT2D eigenvalue weighted by Crippen LogP contribution is -2.34. The van der Waals surface area contributed by atoms with Gasteiger partial charge in [0.25, 0.3) is 0 Å². The number of fused-ring (bicyclic) bond motifs is 1. The SMILES string of the molecule is COc1cc([C@@H]2CC(=O)N(c3cccc(Cl)c3)c3c2sc(=O)n3C)cc(OC)c1OC. The van der Waals surface area contributed by atoms with Crippen LogP contribution < -0.4 is 24.0 Å². The lowest BCUT2D eigenvalue weighted by Gasteiger charge is -2.32. The van der Waals surface area contributed by atoms with E-state index in [9.17, 15) is 9.59 Å². The Balaban J connectivity index is 1.91. The average molecular weight is 461 g/mol. The summed E-state index contributed by atoms with van der Waals surface area (Å²) in [7, 11) is 6.29. The molecule has 1 aliphatic heterocycles. The molecule has 4 rings (SSSR count). The Morgan fingerprint density at radius 2 is 1.71 bits per heavy atom. The van der Waals surface area contributed by atoms with Crippen LogP contribution in [0.4, 0.5) is 11.5 Å². The first kappa shape index (κ1) is 21.3. The zero-order chi connectivity index (χ0) is 22.3. The number of ether oxygens (including phenoxy) is 3. The molecule has 7 nitrogen and oxygen atoms in total. The number of amides is 1. The Labute approximate surface area is 188 Å². The molecular formula is C22H21ClN2O5S. The third-order valence-corrected chi connectivity index (χ3v) is 6.69. The molecule has 3 aromatic rings. The smallest absolute Gasteiger partial charge is 0.308 e. The van der Waals surface area contributed by atoms with Crippen LogP contribution in [0.15, 0.2) is 41.2 Å². The van der Waals surface area contributed by atoms with Crippen LogP contribution >= 0.6 is 22.9 Å². The quantitative estimate of drug-likeness (QED) is 0.567. The second kappa shape index (κ2) is 8.28. The van der Waals surface area contributed by atoms with Crippen molar-refractivity contribution in [3.05, 3.63) is 61.5 Å². The van der Waals surface area contributed by atoms with Crippen LogP contribution in [0.1, 0.15) is 22.8 Å². The van der Waals surface area contributed by atoms with E-state index in [0.29, 0.717) is 33.8 Å². The zero-order valence-electron chi connectivity index (χ0n) is 17.5. The molecule has 0 radical (unpaired) electrons. The molecule has 0 saturated carbocycles. The minimum absolute atomic E-state index is 0.137. The number of anilines is 2. The monoisotopic (exact) mass is 460 g/mol. The summed E-state index contributed by atoms with van der Waals surface area (Å²) in [6.45, 7) is 0. The Morgan fingerprint density at radius 1 is 1.03 bits per heavy atom. The first-order valence-electron chi connectivity index (χ1n) is 9.47. The molecule has 162 valence electrons. The van der Waals surface area contributed by atoms with E-state index >= 15 is 0 Å². The molecule has 31 heavy (non-hydrogen) atoms. The number of halogens is 1. The van der Waals surface area contributed by atoms with Crippen LogP contribution in [-0.2, 0) is 11.8 Å². The first-order valence-corrected chi connectivity index (χ1v) is 10.7. The number of nitrogens with zero attached hydrogens (tertiary/aromatic N) is 2. The van der Waals surface area contributed by atoms with Gasteiger partial charge in [-0.15, -0.1) is 0 Å². The number of carbonyl (C=O) groups is 1. The molecule has 0 fully saturated rings. The van der Waals surface area contributed by atoms with Gasteiger partial charge >= 0.3 is 4.87 Å². The van der Waals surface area contributed by atoms with Crippen molar-refractivity contribution in [2.45, 2.75) is 12.3 Å². The van der Waals surface area contributed by atoms with Gasteiger partial charge < -0.3 is 14.2 Å². The predicted octanol–water partition coefficient (Wildman–Crippen LogP) is 4.33. The summed E-state index contributed by atoms with van der Waals surface area (Å²) in [6, 6.07) is 10.7. The van der Waals surface area contributed by atoms with Gasteiger partial charge in [-0.05, 0) is 35.9 Å². The van der Waals surface area contributed by atoms with E-state index in [1.807, 2.05) is 12.1 Å². The first-order chi connectivity index (χ1) is 14.9. The molecule has 0 aliphatic carbocycles. The molecule has 1 atom stereocenters.